The van der Waals surface area contributed by atoms with Crippen LogP contribution < -0.4 is 0 Å². The third kappa shape index (κ3) is 3.69. The topological polar surface area (TPSA) is 66.8 Å². The standard InChI is InChI=1S/C11H14O4/c1-8(13)11(14)15-7-10-4-2-9(6-12)3-5-10/h2-5,8,12-13H,6-7H2,1H3/t8-/m0/s1. The monoisotopic (exact) mass is 210 g/mol. The van der Waals surface area contributed by atoms with E-state index in [1.165, 1.54) is 6.92 Å². The Kier molecular flexibility index (Phi) is 4.27. The first-order valence-corrected chi connectivity index (χ1v) is 4.67. The van der Waals surface area contributed by atoms with Crippen molar-refractivity contribution in [2.24, 2.45) is 0 Å². The summed E-state index contributed by atoms with van der Waals surface area (Å²) in [6.45, 7) is 1.49. The maximum absolute atomic E-state index is 10.9. The van der Waals surface area contributed by atoms with Crippen LogP contribution in [0, 0.1) is 0 Å². The van der Waals surface area contributed by atoms with Crippen LogP contribution in [0.2, 0.25) is 0 Å². The zero-order valence-corrected chi connectivity index (χ0v) is 8.51. The molecule has 0 fully saturated rings. The average molecular weight is 210 g/mol. The van der Waals surface area contributed by atoms with E-state index < -0.39 is 12.1 Å². The third-order valence-electron chi connectivity index (χ3n) is 1.93. The summed E-state index contributed by atoms with van der Waals surface area (Å²) in [6, 6.07) is 7.04. The van der Waals surface area contributed by atoms with Crippen molar-refractivity contribution in [3.8, 4) is 0 Å². The molecule has 82 valence electrons. The Morgan fingerprint density at radius 1 is 1.33 bits per heavy atom. The quantitative estimate of drug-likeness (QED) is 0.714. The van der Waals surface area contributed by atoms with Gasteiger partial charge in [0.05, 0.1) is 6.61 Å². The molecular formula is C11H14O4. The zero-order valence-electron chi connectivity index (χ0n) is 8.51. The lowest BCUT2D eigenvalue weighted by atomic mass is 10.1. The second-order valence-electron chi connectivity index (χ2n) is 3.26. The number of hydrogen-bond donors (Lipinski definition) is 2. The summed E-state index contributed by atoms with van der Waals surface area (Å²) >= 11 is 0. The molecule has 0 radical (unpaired) electrons. The fourth-order valence-electron chi connectivity index (χ4n) is 1.02. The zero-order chi connectivity index (χ0) is 11.3. The molecule has 0 saturated heterocycles. The molecule has 1 aromatic rings. The normalized spacial score (nSPS) is 12.2. The van der Waals surface area contributed by atoms with Crippen molar-refractivity contribution in [2.45, 2.75) is 26.2 Å². The minimum absolute atomic E-state index is 0.00621. The molecule has 0 aromatic heterocycles. The maximum Gasteiger partial charge on any atom is 0.334 e. The predicted octanol–water partition coefficient (Wildman–Crippen LogP) is 0.603. The highest BCUT2D eigenvalue weighted by Crippen LogP contribution is 2.06. The summed E-state index contributed by atoms with van der Waals surface area (Å²) < 4.78 is 4.81. The first kappa shape index (κ1) is 11.7. The van der Waals surface area contributed by atoms with E-state index in [1.54, 1.807) is 24.3 Å². The minimum atomic E-state index is -1.10. The van der Waals surface area contributed by atoms with Gasteiger partial charge in [0.25, 0.3) is 0 Å². The van der Waals surface area contributed by atoms with Crippen molar-refractivity contribution in [1.82, 2.24) is 0 Å². The molecule has 0 unspecified atom stereocenters. The van der Waals surface area contributed by atoms with Crippen molar-refractivity contribution in [3.05, 3.63) is 35.4 Å². The van der Waals surface area contributed by atoms with Crippen molar-refractivity contribution < 1.29 is 19.7 Å². The molecule has 2 N–H and O–H groups in total. The molecule has 0 bridgehead atoms. The molecule has 0 aliphatic carbocycles. The number of carbonyl (C=O) groups excluding carboxylic acids is 1. The summed E-state index contributed by atoms with van der Waals surface area (Å²) in [7, 11) is 0. The molecule has 0 heterocycles. The predicted molar refractivity (Wildman–Crippen MR) is 53.8 cm³/mol. The second kappa shape index (κ2) is 5.48. The maximum atomic E-state index is 10.9. The molecule has 0 aliphatic heterocycles. The van der Waals surface area contributed by atoms with Gasteiger partial charge in [-0.2, -0.15) is 0 Å². The summed E-state index contributed by atoms with van der Waals surface area (Å²) in [5, 5.41) is 17.7. The van der Waals surface area contributed by atoms with Crippen molar-refractivity contribution in [2.75, 3.05) is 0 Å². The van der Waals surface area contributed by atoms with Crippen LogP contribution in [0.15, 0.2) is 24.3 Å². The van der Waals surface area contributed by atoms with Crippen LogP contribution >= 0.6 is 0 Å². The van der Waals surface area contributed by atoms with Crippen molar-refractivity contribution in [3.63, 3.8) is 0 Å². The van der Waals surface area contributed by atoms with Gasteiger partial charge in [0.15, 0.2) is 0 Å². The largest absolute Gasteiger partial charge is 0.459 e. The smallest absolute Gasteiger partial charge is 0.334 e. The van der Waals surface area contributed by atoms with Gasteiger partial charge in [-0.15, -0.1) is 0 Å². The van der Waals surface area contributed by atoms with Gasteiger partial charge in [0.1, 0.15) is 12.7 Å². The van der Waals surface area contributed by atoms with E-state index in [0.717, 1.165) is 11.1 Å². The average Bonchev–Trinajstić information content (AvgIpc) is 2.26. The molecule has 0 spiro atoms. The number of aliphatic hydroxyl groups is 2. The lowest BCUT2D eigenvalue weighted by molar-refractivity contribution is -0.153. The van der Waals surface area contributed by atoms with E-state index in [1.807, 2.05) is 0 Å². The molecule has 4 heteroatoms. The number of benzene rings is 1. The van der Waals surface area contributed by atoms with Crippen LogP contribution in [0.25, 0.3) is 0 Å². The highest BCUT2D eigenvalue weighted by atomic mass is 16.5. The third-order valence-corrected chi connectivity index (χ3v) is 1.93. The lowest BCUT2D eigenvalue weighted by Crippen LogP contribution is -2.18. The second-order valence-corrected chi connectivity index (χ2v) is 3.26. The first-order valence-electron chi connectivity index (χ1n) is 4.67. The van der Waals surface area contributed by atoms with Crippen molar-refractivity contribution in [1.29, 1.82) is 0 Å². The first-order chi connectivity index (χ1) is 7.13. The van der Waals surface area contributed by atoms with E-state index in [0.29, 0.717) is 0 Å². The van der Waals surface area contributed by atoms with E-state index in [2.05, 4.69) is 0 Å². The summed E-state index contributed by atoms with van der Waals surface area (Å²) in [5.41, 5.74) is 1.63. The number of aliphatic hydroxyl groups excluding tert-OH is 2. The minimum Gasteiger partial charge on any atom is -0.459 e. The summed E-state index contributed by atoms with van der Waals surface area (Å²) in [6.07, 6.45) is -1.10. The highest BCUT2D eigenvalue weighted by molar-refractivity contribution is 5.73. The molecule has 1 atom stereocenters. The Morgan fingerprint density at radius 2 is 1.87 bits per heavy atom. The fourth-order valence-corrected chi connectivity index (χ4v) is 1.02. The highest BCUT2D eigenvalue weighted by Gasteiger charge is 2.09. The molecule has 0 amide bonds. The molecule has 1 rings (SSSR count). The van der Waals surface area contributed by atoms with Gasteiger partial charge >= 0.3 is 5.97 Å². The Balaban J connectivity index is 2.47. The van der Waals surface area contributed by atoms with Crippen LogP contribution in [0.3, 0.4) is 0 Å². The van der Waals surface area contributed by atoms with E-state index in [4.69, 9.17) is 14.9 Å². The van der Waals surface area contributed by atoms with Crippen LogP contribution in [0.5, 0.6) is 0 Å². The Bertz CT molecular complexity index is 316. The Morgan fingerprint density at radius 3 is 2.33 bits per heavy atom. The van der Waals surface area contributed by atoms with Gasteiger partial charge in [-0.3, -0.25) is 0 Å². The van der Waals surface area contributed by atoms with Crippen LogP contribution in [0.1, 0.15) is 18.1 Å². The molecule has 4 nitrogen and oxygen atoms in total. The van der Waals surface area contributed by atoms with Gasteiger partial charge in [0.2, 0.25) is 0 Å². The molecule has 0 saturated carbocycles. The number of rotatable bonds is 4. The number of esters is 1. The molecular weight excluding hydrogens is 196 g/mol. The van der Waals surface area contributed by atoms with Gasteiger partial charge in [-0.1, -0.05) is 24.3 Å². The van der Waals surface area contributed by atoms with Crippen LogP contribution in [0.4, 0.5) is 0 Å². The number of carbonyl (C=O) groups is 1. The van der Waals surface area contributed by atoms with E-state index >= 15 is 0 Å². The number of ether oxygens (including phenoxy) is 1. The van der Waals surface area contributed by atoms with Gasteiger partial charge in [-0.05, 0) is 18.1 Å². The molecule has 0 aliphatic rings. The van der Waals surface area contributed by atoms with Gasteiger partial charge < -0.3 is 14.9 Å². The molecule has 1 aromatic carbocycles. The van der Waals surface area contributed by atoms with E-state index in [9.17, 15) is 4.79 Å². The Hall–Kier alpha value is -1.39. The molecule has 15 heavy (non-hydrogen) atoms. The SMILES string of the molecule is C[C@H](O)C(=O)OCc1ccc(CO)cc1. The lowest BCUT2D eigenvalue weighted by Gasteiger charge is -2.06. The Labute approximate surface area is 88.1 Å². The summed E-state index contributed by atoms with van der Waals surface area (Å²) in [5.74, 6) is -0.638. The van der Waals surface area contributed by atoms with E-state index in [-0.39, 0.29) is 13.2 Å². The number of hydrogen-bond acceptors (Lipinski definition) is 4. The summed E-state index contributed by atoms with van der Waals surface area (Å²) in [4.78, 5) is 10.9. The fraction of sp³-hybridized carbons (Fsp3) is 0.364. The van der Waals surface area contributed by atoms with Crippen LogP contribution in [-0.2, 0) is 22.7 Å². The van der Waals surface area contributed by atoms with Gasteiger partial charge in [0, 0.05) is 0 Å². The van der Waals surface area contributed by atoms with Crippen LogP contribution in [-0.4, -0.2) is 22.3 Å². The van der Waals surface area contributed by atoms with Gasteiger partial charge in [-0.25, -0.2) is 4.79 Å². The van der Waals surface area contributed by atoms with Crippen molar-refractivity contribution >= 4 is 5.97 Å².